The first-order chi connectivity index (χ1) is 34.1. The lowest BCUT2D eigenvalue weighted by Gasteiger charge is -2.27. The molecule has 70 heavy (non-hydrogen) atoms. The second kappa shape index (κ2) is 16.1. The lowest BCUT2D eigenvalue weighted by Crippen LogP contribution is -2.10. The third-order valence-electron chi connectivity index (χ3n) is 15.2. The fraction of sp³-hybridized carbons (Fsp3) is 0.0882. The number of para-hydroxylation sites is 2. The maximum absolute atomic E-state index is 2.50. The van der Waals surface area contributed by atoms with Crippen molar-refractivity contribution in [2.24, 2.45) is 0 Å². The molecule has 0 unspecified atom stereocenters. The van der Waals surface area contributed by atoms with Gasteiger partial charge in [0.25, 0.3) is 0 Å². The quantitative estimate of drug-likeness (QED) is 0.121. The van der Waals surface area contributed by atoms with Gasteiger partial charge in [-0.3, -0.25) is 0 Å². The molecule has 0 fully saturated rings. The van der Waals surface area contributed by atoms with Crippen molar-refractivity contribution in [2.45, 2.75) is 41.5 Å². The fourth-order valence-electron chi connectivity index (χ4n) is 11.3. The van der Waals surface area contributed by atoms with E-state index in [2.05, 4.69) is 258 Å². The zero-order chi connectivity index (χ0) is 47.4. The molecule has 0 heterocycles. The van der Waals surface area contributed by atoms with E-state index in [1.165, 1.54) is 120 Å². The summed E-state index contributed by atoms with van der Waals surface area (Å²) in [7, 11) is 0. The molecule has 13 rings (SSSR count). The predicted octanol–water partition coefficient (Wildman–Crippen LogP) is 19.7. The van der Waals surface area contributed by atoms with E-state index in [0.29, 0.717) is 0 Å². The monoisotopic (exact) mass is 896 g/mol. The fourth-order valence-corrected chi connectivity index (χ4v) is 11.3. The molecule has 0 N–H and O–H groups in total. The van der Waals surface area contributed by atoms with E-state index in [4.69, 9.17) is 0 Å². The molecule has 0 amide bonds. The minimum Gasteiger partial charge on any atom is -0.310 e. The van der Waals surface area contributed by atoms with Crippen molar-refractivity contribution in [3.63, 3.8) is 0 Å². The molecular weight excluding hydrogens is 845 g/mol. The van der Waals surface area contributed by atoms with Gasteiger partial charge in [-0.2, -0.15) is 0 Å². The van der Waals surface area contributed by atoms with Crippen LogP contribution in [0.2, 0.25) is 0 Å². The van der Waals surface area contributed by atoms with Crippen LogP contribution in [0, 0.1) is 41.5 Å². The largest absolute Gasteiger partial charge is 0.310 e. The van der Waals surface area contributed by atoms with E-state index in [-0.39, 0.29) is 0 Å². The molecule has 0 aliphatic rings. The Morgan fingerprint density at radius 2 is 0.500 bits per heavy atom. The van der Waals surface area contributed by atoms with Gasteiger partial charge in [-0.05, 0) is 235 Å². The molecule has 0 atom stereocenters. The Kier molecular flexibility index (Phi) is 9.58. The second-order valence-electron chi connectivity index (χ2n) is 19.8. The molecule has 0 saturated carbocycles. The third-order valence-corrected chi connectivity index (χ3v) is 15.2. The van der Waals surface area contributed by atoms with Crippen molar-refractivity contribution in [3.8, 4) is 0 Å². The topological polar surface area (TPSA) is 6.48 Å². The summed E-state index contributed by atoms with van der Waals surface area (Å²) in [4.78, 5) is 4.83. The van der Waals surface area contributed by atoms with Crippen molar-refractivity contribution in [2.75, 3.05) is 9.80 Å². The standard InChI is InChI=1S/C68H52N2/c1-41-17-25-57-61(29-41)67-39-66-60-28-24-56(70(52-15-11-8-12-16-52)54-22-20-48-32-44(4)46(6)34-50(48)36-54)38-64(60)58-26-18-42(2)30-62(58)68(66)40-65(67)59-27-23-55(37-63(57)59)69(51-13-9-7-10-14-51)53-21-19-47-31-43(3)45(5)33-49(47)35-53/h7-40H,1-6H3. The van der Waals surface area contributed by atoms with Gasteiger partial charge in [0.15, 0.2) is 0 Å². The summed E-state index contributed by atoms with van der Waals surface area (Å²) in [5.41, 5.74) is 14.5. The van der Waals surface area contributed by atoms with Crippen LogP contribution in [0.4, 0.5) is 34.1 Å². The van der Waals surface area contributed by atoms with Gasteiger partial charge in [0, 0.05) is 34.1 Å². The second-order valence-corrected chi connectivity index (χ2v) is 19.8. The van der Waals surface area contributed by atoms with E-state index < -0.39 is 0 Å². The molecule has 0 saturated heterocycles. The molecule has 0 radical (unpaired) electrons. The van der Waals surface area contributed by atoms with Crippen LogP contribution < -0.4 is 9.80 Å². The molecule has 0 aliphatic heterocycles. The van der Waals surface area contributed by atoms with Gasteiger partial charge in [-0.25, -0.2) is 0 Å². The van der Waals surface area contributed by atoms with Crippen molar-refractivity contribution < 1.29 is 0 Å². The van der Waals surface area contributed by atoms with Crippen LogP contribution in [0.15, 0.2) is 206 Å². The van der Waals surface area contributed by atoms with Crippen LogP contribution in [0.3, 0.4) is 0 Å². The number of aryl methyl sites for hydroxylation is 6. The van der Waals surface area contributed by atoms with Crippen LogP contribution >= 0.6 is 0 Å². The van der Waals surface area contributed by atoms with Gasteiger partial charge in [0.1, 0.15) is 0 Å². The molecule has 13 aromatic carbocycles. The van der Waals surface area contributed by atoms with Gasteiger partial charge in [-0.1, -0.05) is 132 Å². The molecule has 0 bridgehead atoms. The Morgan fingerprint density at radius 3 is 0.900 bits per heavy atom. The number of nitrogens with zero attached hydrogens (tertiary/aromatic N) is 2. The highest BCUT2D eigenvalue weighted by Gasteiger charge is 2.20. The van der Waals surface area contributed by atoms with E-state index in [9.17, 15) is 0 Å². The summed E-state index contributed by atoms with van der Waals surface area (Å²) < 4.78 is 0. The zero-order valence-electron chi connectivity index (χ0n) is 40.5. The van der Waals surface area contributed by atoms with Crippen LogP contribution in [-0.2, 0) is 0 Å². The first kappa shape index (κ1) is 41.7. The molecule has 2 heteroatoms. The number of benzene rings is 13. The molecule has 334 valence electrons. The van der Waals surface area contributed by atoms with Crippen molar-refractivity contribution >= 4 is 120 Å². The zero-order valence-corrected chi connectivity index (χ0v) is 40.5. The smallest absolute Gasteiger partial charge is 0.0468 e. The summed E-state index contributed by atoms with van der Waals surface area (Å²) in [6, 6.07) is 77.9. The first-order valence-corrected chi connectivity index (χ1v) is 24.6. The maximum atomic E-state index is 2.50. The van der Waals surface area contributed by atoms with Gasteiger partial charge < -0.3 is 9.80 Å². The number of hydrogen-bond acceptors (Lipinski definition) is 2. The highest BCUT2D eigenvalue weighted by molar-refractivity contribution is 6.33. The summed E-state index contributed by atoms with van der Waals surface area (Å²) >= 11 is 0. The van der Waals surface area contributed by atoms with Crippen LogP contribution in [0.25, 0.3) is 86.2 Å². The van der Waals surface area contributed by atoms with Gasteiger partial charge >= 0.3 is 0 Å². The Hall–Kier alpha value is -8.46. The van der Waals surface area contributed by atoms with Crippen LogP contribution in [0.1, 0.15) is 33.4 Å². The molecular formula is C68H52N2. The number of anilines is 6. The third kappa shape index (κ3) is 6.78. The van der Waals surface area contributed by atoms with Gasteiger partial charge in [0.05, 0.1) is 0 Å². The van der Waals surface area contributed by atoms with Gasteiger partial charge in [0.2, 0.25) is 0 Å². The lowest BCUT2D eigenvalue weighted by atomic mass is 9.87. The van der Waals surface area contributed by atoms with E-state index in [1.807, 2.05) is 0 Å². The highest BCUT2D eigenvalue weighted by Crippen LogP contribution is 2.47. The average Bonchev–Trinajstić information content (AvgIpc) is 3.37. The summed E-state index contributed by atoms with van der Waals surface area (Å²) in [5.74, 6) is 0. The Labute approximate surface area is 409 Å². The summed E-state index contributed by atoms with van der Waals surface area (Å²) in [6.07, 6.45) is 0. The van der Waals surface area contributed by atoms with E-state index in [0.717, 1.165) is 34.1 Å². The SMILES string of the molecule is Cc1ccc2c(c1)c1cc3c4ccc(N(c5ccccc5)c5ccc6cc(C)c(C)cc6c5)cc4c4ccc(C)cc4c3cc1c1ccc(N(c3ccccc3)c3ccc4cc(C)c(C)cc4c3)cc21. The summed E-state index contributed by atoms with van der Waals surface area (Å²) in [5, 5.41) is 20.2. The van der Waals surface area contributed by atoms with Crippen LogP contribution in [-0.4, -0.2) is 0 Å². The molecule has 13 aromatic rings. The molecule has 0 aromatic heterocycles. The van der Waals surface area contributed by atoms with Crippen molar-refractivity contribution in [1.29, 1.82) is 0 Å². The van der Waals surface area contributed by atoms with Crippen molar-refractivity contribution in [3.05, 3.63) is 240 Å². The minimum absolute atomic E-state index is 1.13. The molecule has 0 spiro atoms. The lowest BCUT2D eigenvalue weighted by molar-refractivity contribution is 1.29. The Morgan fingerprint density at radius 1 is 0.200 bits per heavy atom. The Balaban J connectivity index is 1.04. The van der Waals surface area contributed by atoms with Crippen molar-refractivity contribution in [1.82, 2.24) is 0 Å². The Bertz CT molecular complexity index is 4020. The minimum atomic E-state index is 1.13. The average molecular weight is 897 g/mol. The molecule has 2 nitrogen and oxygen atoms in total. The van der Waals surface area contributed by atoms with Crippen LogP contribution in [0.5, 0.6) is 0 Å². The maximum Gasteiger partial charge on any atom is 0.0468 e. The van der Waals surface area contributed by atoms with E-state index in [1.54, 1.807) is 0 Å². The number of hydrogen-bond donors (Lipinski definition) is 0. The van der Waals surface area contributed by atoms with E-state index >= 15 is 0 Å². The highest BCUT2D eigenvalue weighted by atomic mass is 15.1. The predicted molar refractivity (Wildman–Crippen MR) is 304 cm³/mol. The first-order valence-electron chi connectivity index (χ1n) is 24.6. The number of fused-ring (bicyclic) bond motifs is 14. The normalized spacial score (nSPS) is 11.9. The number of rotatable bonds is 6. The van der Waals surface area contributed by atoms with Gasteiger partial charge in [-0.15, -0.1) is 0 Å². The molecule has 0 aliphatic carbocycles. The summed E-state index contributed by atoms with van der Waals surface area (Å²) in [6.45, 7) is 13.2.